The number of hydrogen-bond acceptors (Lipinski definition) is 6. The molecule has 0 atom stereocenters. The first kappa shape index (κ1) is 13.7. The molecule has 104 valence electrons. The van der Waals surface area contributed by atoms with Gasteiger partial charge in [-0.15, -0.1) is 0 Å². The molecule has 0 aliphatic heterocycles. The quantitative estimate of drug-likeness (QED) is 0.510. The Hall–Kier alpha value is -2.70. The van der Waals surface area contributed by atoms with Crippen LogP contribution in [0.1, 0.15) is 6.92 Å². The molecule has 1 N–H and O–H groups in total. The highest BCUT2D eigenvalue weighted by molar-refractivity contribution is 5.99. The molecule has 7 nitrogen and oxygen atoms in total. The molecule has 0 amide bonds. The number of hydrogen-bond donors (Lipinski definition) is 1. The number of non-ortho nitro benzene ring substituents is 1. The number of esters is 1. The van der Waals surface area contributed by atoms with Crippen LogP contribution in [-0.4, -0.2) is 29.0 Å². The second kappa shape index (κ2) is 5.96. The third kappa shape index (κ3) is 2.82. The zero-order valence-electron chi connectivity index (χ0n) is 10.8. The molecule has 0 spiro atoms. The first-order valence-corrected chi connectivity index (χ1v) is 6.04. The van der Waals surface area contributed by atoms with Gasteiger partial charge in [-0.1, -0.05) is 0 Å². The maximum atomic E-state index is 11.3. The van der Waals surface area contributed by atoms with E-state index in [-0.39, 0.29) is 18.2 Å². The van der Waals surface area contributed by atoms with Crippen molar-refractivity contribution in [3.05, 3.63) is 40.7 Å². The van der Waals surface area contributed by atoms with Crippen LogP contribution in [-0.2, 0) is 9.53 Å². The fourth-order valence-electron chi connectivity index (χ4n) is 1.87. The van der Waals surface area contributed by atoms with Gasteiger partial charge in [0.1, 0.15) is 6.54 Å². The van der Waals surface area contributed by atoms with Crippen molar-refractivity contribution in [3.8, 4) is 0 Å². The lowest BCUT2D eigenvalue weighted by Crippen LogP contribution is -2.16. The van der Waals surface area contributed by atoms with Gasteiger partial charge in [0, 0.05) is 29.5 Å². The van der Waals surface area contributed by atoms with Gasteiger partial charge in [0.05, 0.1) is 16.9 Å². The smallest absolute Gasteiger partial charge is 0.325 e. The van der Waals surface area contributed by atoms with Crippen molar-refractivity contribution >= 4 is 28.1 Å². The molecule has 2 aromatic rings. The molecule has 0 aliphatic rings. The number of nitro benzene ring substituents is 1. The first-order valence-electron chi connectivity index (χ1n) is 6.04. The van der Waals surface area contributed by atoms with Crippen LogP contribution in [0.4, 0.5) is 11.4 Å². The number of carbonyl (C=O) groups excluding carboxylic acids is 1. The number of rotatable bonds is 5. The number of nitrogens with one attached hydrogen (secondary N) is 1. The van der Waals surface area contributed by atoms with Gasteiger partial charge in [0.25, 0.3) is 5.69 Å². The van der Waals surface area contributed by atoms with Gasteiger partial charge >= 0.3 is 5.97 Å². The molecule has 0 aliphatic carbocycles. The molecule has 0 saturated carbocycles. The van der Waals surface area contributed by atoms with Crippen LogP contribution >= 0.6 is 0 Å². The van der Waals surface area contributed by atoms with E-state index in [0.717, 1.165) is 0 Å². The van der Waals surface area contributed by atoms with Crippen LogP contribution in [0.25, 0.3) is 10.8 Å². The van der Waals surface area contributed by atoms with Crippen LogP contribution in [0.2, 0.25) is 0 Å². The summed E-state index contributed by atoms with van der Waals surface area (Å²) in [5.41, 5.74) is 0.607. The highest BCUT2D eigenvalue weighted by Gasteiger charge is 2.14. The van der Waals surface area contributed by atoms with Crippen molar-refractivity contribution in [2.24, 2.45) is 0 Å². The summed E-state index contributed by atoms with van der Waals surface area (Å²) in [7, 11) is 0. The summed E-state index contributed by atoms with van der Waals surface area (Å²) >= 11 is 0. The lowest BCUT2D eigenvalue weighted by molar-refractivity contribution is -0.383. The van der Waals surface area contributed by atoms with Gasteiger partial charge in [0.2, 0.25) is 0 Å². The number of nitrogens with zero attached hydrogens (tertiary/aromatic N) is 2. The normalized spacial score (nSPS) is 10.2. The molecule has 0 unspecified atom stereocenters. The maximum Gasteiger partial charge on any atom is 0.325 e. The molecule has 2 rings (SSSR count). The van der Waals surface area contributed by atoms with E-state index in [2.05, 4.69) is 10.3 Å². The molecule has 7 heteroatoms. The number of benzene rings is 1. The second-order valence-corrected chi connectivity index (χ2v) is 3.97. The van der Waals surface area contributed by atoms with Crippen molar-refractivity contribution in [1.82, 2.24) is 4.98 Å². The lowest BCUT2D eigenvalue weighted by atomic mass is 10.1. The summed E-state index contributed by atoms with van der Waals surface area (Å²) in [5, 5.41) is 14.9. The number of nitro groups is 1. The minimum absolute atomic E-state index is 0.00305. The molecule has 0 fully saturated rings. The Bertz CT molecular complexity index is 657. The lowest BCUT2D eigenvalue weighted by Gasteiger charge is -2.09. The average molecular weight is 275 g/mol. The minimum atomic E-state index is -0.459. The number of anilines is 1. The second-order valence-electron chi connectivity index (χ2n) is 3.97. The van der Waals surface area contributed by atoms with E-state index in [4.69, 9.17) is 4.74 Å². The third-order valence-electron chi connectivity index (χ3n) is 2.72. The summed E-state index contributed by atoms with van der Waals surface area (Å²) in [6.07, 6.45) is 2.98. The standard InChI is InChI=1S/C13H13N3O4/c1-2-20-13(17)8-15-11-3-4-12(16(18)19)10-7-14-6-5-9(10)11/h3-7,15H,2,8H2,1H3. The predicted molar refractivity (Wildman–Crippen MR) is 73.5 cm³/mol. The van der Waals surface area contributed by atoms with Gasteiger partial charge in [-0.3, -0.25) is 19.9 Å². The van der Waals surface area contributed by atoms with Crippen molar-refractivity contribution in [3.63, 3.8) is 0 Å². The molecule has 1 aromatic heterocycles. The Morgan fingerprint density at radius 1 is 1.40 bits per heavy atom. The number of fused-ring (bicyclic) bond motifs is 1. The van der Waals surface area contributed by atoms with E-state index in [1.807, 2.05) is 0 Å². The Kier molecular flexibility index (Phi) is 4.09. The molecular formula is C13H13N3O4. The Labute approximate surface area is 114 Å². The van der Waals surface area contributed by atoms with Crippen LogP contribution in [0.3, 0.4) is 0 Å². The van der Waals surface area contributed by atoms with Gasteiger partial charge in [-0.2, -0.15) is 0 Å². The Morgan fingerprint density at radius 2 is 2.20 bits per heavy atom. The molecule has 1 heterocycles. The van der Waals surface area contributed by atoms with Crippen molar-refractivity contribution in [2.75, 3.05) is 18.5 Å². The van der Waals surface area contributed by atoms with Gasteiger partial charge in [-0.25, -0.2) is 0 Å². The molecule has 20 heavy (non-hydrogen) atoms. The van der Waals surface area contributed by atoms with E-state index in [9.17, 15) is 14.9 Å². The molecule has 0 bridgehead atoms. The number of aromatic nitrogens is 1. The monoisotopic (exact) mass is 275 g/mol. The van der Waals surface area contributed by atoms with Gasteiger partial charge < -0.3 is 10.1 Å². The highest BCUT2D eigenvalue weighted by Crippen LogP contribution is 2.30. The first-order chi connectivity index (χ1) is 9.63. The predicted octanol–water partition coefficient (Wildman–Crippen LogP) is 2.12. The largest absolute Gasteiger partial charge is 0.465 e. The summed E-state index contributed by atoms with van der Waals surface area (Å²) in [6, 6.07) is 4.62. The van der Waals surface area contributed by atoms with E-state index in [1.165, 1.54) is 12.3 Å². The zero-order valence-corrected chi connectivity index (χ0v) is 10.8. The van der Waals surface area contributed by atoms with Crippen molar-refractivity contribution in [2.45, 2.75) is 6.92 Å². The fraction of sp³-hybridized carbons (Fsp3) is 0.231. The molecular weight excluding hydrogens is 262 g/mol. The summed E-state index contributed by atoms with van der Waals surface area (Å²) in [5.74, 6) is -0.381. The molecule has 0 radical (unpaired) electrons. The van der Waals surface area contributed by atoms with Crippen molar-refractivity contribution < 1.29 is 14.5 Å². The van der Waals surface area contributed by atoms with E-state index >= 15 is 0 Å². The minimum Gasteiger partial charge on any atom is -0.465 e. The van der Waals surface area contributed by atoms with Gasteiger partial charge in [0.15, 0.2) is 0 Å². The van der Waals surface area contributed by atoms with Crippen LogP contribution in [0.15, 0.2) is 30.6 Å². The average Bonchev–Trinajstić information content (AvgIpc) is 2.44. The summed E-state index contributed by atoms with van der Waals surface area (Å²) < 4.78 is 4.82. The van der Waals surface area contributed by atoms with Crippen LogP contribution in [0, 0.1) is 10.1 Å². The van der Waals surface area contributed by atoms with Crippen LogP contribution < -0.4 is 5.32 Å². The Balaban J connectivity index is 2.33. The summed E-state index contributed by atoms with van der Waals surface area (Å²) in [6.45, 7) is 2.04. The third-order valence-corrected chi connectivity index (χ3v) is 2.72. The van der Waals surface area contributed by atoms with E-state index < -0.39 is 4.92 Å². The van der Waals surface area contributed by atoms with E-state index in [0.29, 0.717) is 23.1 Å². The topological polar surface area (TPSA) is 94.4 Å². The van der Waals surface area contributed by atoms with Crippen molar-refractivity contribution in [1.29, 1.82) is 0 Å². The fourth-order valence-corrected chi connectivity index (χ4v) is 1.87. The number of ether oxygens (including phenoxy) is 1. The van der Waals surface area contributed by atoms with E-state index in [1.54, 1.807) is 25.3 Å². The summed E-state index contributed by atoms with van der Waals surface area (Å²) in [4.78, 5) is 25.7. The number of pyridine rings is 1. The zero-order chi connectivity index (χ0) is 14.5. The molecule has 0 saturated heterocycles. The SMILES string of the molecule is CCOC(=O)CNc1ccc([N+](=O)[O-])c2cnccc12. The maximum absolute atomic E-state index is 11.3. The number of carbonyl (C=O) groups is 1. The Morgan fingerprint density at radius 3 is 2.90 bits per heavy atom. The van der Waals surface area contributed by atoms with Crippen LogP contribution in [0.5, 0.6) is 0 Å². The molecule has 1 aromatic carbocycles. The van der Waals surface area contributed by atoms with Gasteiger partial charge in [-0.05, 0) is 19.1 Å². The highest BCUT2D eigenvalue weighted by atomic mass is 16.6.